The Kier molecular flexibility index (Phi) is 7.77. The van der Waals surface area contributed by atoms with Crippen molar-refractivity contribution in [3.05, 3.63) is 51.5 Å². The molecule has 0 bridgehead atoms. The first-order valence-corrected chi connectivity index (χ1v) is 11.9. The number of halogens is 1. The summed E-state index contributed by atoms with van der Waals surface area (Å²) in [5.41, 5.74) is 1.63. The number of guanidine groups is 1. The lowest BCUT2D eigenvalue weighted by molar-refractivity contribution is -0.0172. The predicted molar refractivity (Wildman–Crippen MR) is 122 cm³/mol. The van der Waals surface area contributed by atoms with Crippen LogP contribution in [0.25, 0.3) is 0 Å². The molecule has 2 aliphatic rings. The Morgan fingerprint density at radius 3 is 2.94 bits per heavy atom. The van der Waals surface area contributed by atoms with Crippen LogP contribution in [0.5, 0.6) is 5.75 Å². The molecule has 0 saturated carbocycles. The van der Waals surface area contributed by atoms with E-state index < -0.39 is 0 Å². The molecule has 1 atom stereocenters. The standard InChI is InChI=1S/C23H31FN4O2S/c1-2-25-23(27-14-20(21-6-5-11-31-21)28-9-3-4-10-28)26-8-7-17-12-19(24)13-18-15-29-16-30-22(17)18/h5-6,11-13,20H,2-4,7-10,14-16H2,1H3,(H2,25,26,27). The fourth-order valence-electron chi connectivity index (χ4n) is 4.20. The van der Waals surface area contributed by atoms with Gasteiger partial charge in [0, 0.05) is 23.5 Å². The van der Waals surface area contributed by atoms with Gasteiger partial charge in [-0.15, -0.1) is 11.3 Å². The van der Waals surface area contributed by atoms with Crippen LogP contribution in [0.4, 0.5) is 4.39 Å². The van der Waals surface area contributed by atoms with Crippen molar-refractivity contribution in [1.82, 2.24) is 15.5 Å². The van der Waals surface area contributed by atoms with E-state index in [-0.39, 0.29) is 12.6 Å². The van der Waals surface area contributed by atoms with Crippen molar-refractivity contribution < 1.29 is 13.9 Å². The van der Waals surface area contributed by atoms with Gasteiger partial charge in [0.05, 0.1) is 19.2 Å². The normalized spacial score (nSPS) is 17.8. The molecule has 0 spiro atoms. The molecular formula is C23H31FN4O2S. The summed E-state index contributed by atoms with van der Waals surface area (Å²) in [6.45, 7) is 7.07. The first kappa shape index (κ1) is 22.0. The van der Waals surface area contributed by atoms with Gasteiger partial charge in [-0.2, -0.15) is 0 Å². The Balaban J connectivity index is 1.40. The topological polar surface area (TPSA) is 58.1 Å². The Morgan fingerprint density at radius 2 is 2.16 bits per heavy atom. The van der Waals surface area contributed by atoms with Gasteiger partial charge in [-0.25, -0.2) is 4.39 Å². The number of ether oxygens (including phenoxy) is 2. The fraction of sp³-hybridized carbons (Fsp3) is 0.522. The average molecular weight is 447 g/mol. The summed E-state index contributed by atoms with van der Waals surface area (Å²) in [5.74, 6) is 1.29. The van der Waals surface area contributed by atoms with E-state index in [0.29, 0.717) is 32.2 Å². The molecule has 8 heteroatoms. The summed E-state index contributed by atoms with van der Waals surface area (Å²) in [5, 5.41) is 8.87. The van der Waals surface area contributed by atoms with Crippen molar-refractivity contribution >= 4 is 17.3 Å². The number of likely N-dealkylation sites (tertiary alicyclic amines) is 1. The van der Waals surface area contributed by atoms with Crippen LogP contribution in [-0.2, 0) is 17.8 Å². The van der Waals surface area contributed by atoms with Crippen molar-refractivity contribution in [2.75, 3.05) is 39.5 Å². The van der Waals surface area contributed by atoms with E-state index in [2.05, 4.69) is 40.0 Å². The molecule has 168 valence electrons. The zero-order valence-electron chi connectivity index (χ0n) is 18.0. The fourth-order valence-corrected chi connectivity index (χ4v) is 5.05. The molecule has 4 rings (SSSR count). The SMILES string of the molecule is CCNC(=NCC(c1cccs1)N1CCCC1)NCCc1cc(F)cc2c1OCOC2. The molecule has 1 unspecified atom stereocenters. The maximum absolute atomic E-state index is 14.0. The smallest absolute Gasteiger partial charge is 0.191 e. The van der Waals surface area contributed by atoms with Gasteiger partial charge in [0.25, 0.3) is 0 Å². The molecule has 1 fully saturated rings. The van der Waals surface area contributed by atoms with Crippen LogP contribution in [0.1, 0.15) is 41.8 Å². The van der Waals surface area contributed by atoms with Gasteiger partial charge in [-0.3, -0.25) is 9.89 Å². The lowest BCUT2D eigenvalue weighted by atomic mass is 10.1. The van der Waals surface area contributed by atoms with E-state index in [1.54, 1.807) is 17.4 Å². The maximum Gasteiger partial charge on any atom is 0.191 e. The summed E-state index contributed by atoms with van der Waals surface area (Å²) < 4.78 is 24.9. The third-order valence-electron chi connectivity index (χ3n) is 5.66. The highest BCUT2D eigenvalue weighted by Crippen LogP contribution is 2.30. The Morgan fingerprint density at radius 1 is 1.29 bits per heavy atom. The predicted octanol–water partition coefficient (Wildman–Crippen LogP) is 3.69. The van der Waals surface area contributed by atoms with Crippen molar-refractivity contribution in [1.29, 1.82) is 0 Å². The highest BCUT2D eigenvalue weighted by Gasteiger charge is 2.24. The molecule has 2 N–H and O–H groups in total. The second-order valence-corrected chi connectivity index (χ2v) is 8.81. The minimum Gasteiger partial charge on any atom is -0.467 e. The summed E-state index contributed by atoms with van der Waals surface area (Å²) in [4.78, 5) is 8.79. The summed E-state index contributed by atoms with van der Waals surface area (Å²) in [6, 6.07) is 7.68. The van der Waals surface area contributed by atoms with E-state index in [1.165, 1.54) is 23.8 Å². The Hall–Kier alpha value is -2.16. The van der Waals surface area contributed by atoms with E-state index >= 15 is 0 Å². The molecule has 2 aromatic rings. The van der Waals surface area contributed by atoms with Gasteiger partial charge in [0.1, 0.15) is 11.6 Å². The minimum absolute atomic E-state index is 0.212. The molecule has 1 saturated heterocycles. The number of thiophene rings is 1. The molecule has 0 aliphatic carbocycles. The first-order valence-electron chi connectivity index (χ1n) is 11.1. The monoisotopic (exact) mass is 446 g/mol. The summed E-state index contributed by atoms with van der Waals surface area (Å²) in [6.07, 6.45) is 3.16. The third kappa shape index (κ3) is 5.75. The molecule has 31 heavy (non-hydrogen) atoms. The molecular weight excluding hydrogens is 415 g/mol. The summed E-state index contributed by atoms with van der Waals surface area (Å²) in [7, 11) is 0. The zero-order valence-corrected chi connectivity index (χ0v) is 18.8. The van der Waals surface area contributed by atoms with E-state index in [0.717, 1.165) is 42.5 Å². The number of nitrogens with zero attached hydrogens (tertiary/aromatic N) is 2. The number of rotatable bonds is 8. The van der Waals surface area contributed by atoms with Crippen LogP contribution >= 0.6 is 11.3 Å². The first-order chi connectivity index (χ1) is 15.2. The second-order valence-electron chi connectivity index (χ2n) is 7.83. The number of hydrogen-bond acceptors (Lipinski definition) is 5. The van der Waals surface area contributed by atoms with Gasteiger partial charge in [-0.05, 0) is 68.4 Å². The van der Waals surface area contributed by atoms with Gasteiger partial charge >= 0.3 is 0 Å². The zero-order chi connectivity index (χ0) is 21.5. The highest BCUT2D eigenvalue weighted by molar-refractivity contribution is 7.10. The maximum atomic E-state index is 14.0. The van der Waals surface area contributed by atoms with Gasteiger partial charge in [0.15, 0.2) is 12.8 Å². The van der Waals surface area contributed by atoms with E-state index in [9.17, 15) is 4.39 Å². The quantitative estimate of drug-likeness (QED) is 0.479. The number of aliphatic imine (C=N–C) groups is 1. The molecule has 1 aromatic carbocycles. The molecule has 0 amide bonds. The third-order valence-corrected chi connectivity index (χ3v) is 6.63. The van der Waals surface area contributed by atoms with Crippen LogP contribution in [0, 0.1) is 5.82 Å². The van der Waals surface area contributed by atoms with E-state index in [1.807, 2.05) is 0 Å². The molecule has 2 aliphatic heterocycles. The number of nitrogens with one attached hydrogen (secondary N) is 2. The number of fused-ring (bicyclic) bond motifs is 1. The van der Waals surface area contributed by atoms with Crippen LogP contribution in [0.3, 0.4) is 0 Å². The van der Waals surface area contributed by atoms with E-state index in [4.69, 9.17) is 14.5 Å². The highest BCUT2D eigenvalue weighted by atomic mass is 32.1. The van der Waals surface area contributed by atoms with Crippen LogP contribution in [0.15, 0.2) is 34.6 Å². The molecule has 1 aromatic heterocycles. The Bertz CT molecular complexity index is 869. The van der Waals surface area contributed by atoms with Gasteiger partial charge in [0.2, 0.25) is 0 Å². The van der Waals surface area contributed by atoms with Crippen molar-refractivity contribution in [3.8, 4) is 5.75 Å². The van der Waals surface area contributed by atoms with Crippen LogP contribution < -0.4 is 15.4 Å². The van der Waals surface area contributed by atoms with Crippen molar-refractivity contribution in [2.45, 2.75) is 38.8 Å². The minimum atomic E-state index is -0.257. The van der Waals surface area contributed by atoms with Crippen LogP contribution in [-0.4, -0.2) is 50.4 Å². The number of benzene rings is 1. The van der Waals surface area contributed by atoms with Gasteiger partial charge < -0.3 is 20.1 Å². The lowest BCUT2D eigenvalue weighted by Gasteiger charge is -2.25. The second kappa shape index (κ2) is 10.9. The Labute approximate surface area is 187 Å². The summed E-state index contributed by atoms with van der Waals surface area (Å²) >= 11 is 1.80. The largest absolute Gasteiger partial charge is 0.467 e. The number of hydrogen-bond donors (Lipinski definition) is 2. The van der Waals surface area contributed by atoms with Crippen molar-refractivity contribution in [3.63, 3.8) is 0 Å². The van der Waals surface area contributed by atoms with Gasteiger partial charge in [-0.1, -0.05) is 6.07 Å². The molecule has 3 heterocycles. The lowest BCUT2D eigenvalue weighted by Crippen LogP contribution is -2.39. The van der Waals surface area contributed by atoms with Crippen LogP contribution in [0.2, 0.25) is 0 Å². The molecule has 6 nitrogen and oxygen atoms in total. The molecule has 0 radical (unpaired) electrons. The average Bonchev–Trinajstić information content (AvgIpc) is 3.49. The van der Waals surface area contributed by atoms with Crippen molar-refractivity contribution in [2.24, 2.45) is 4.99 Å².